The topological polar surface area (TPSA) is 54.5 Å². The van der Waals surface area contributed by atoms with Crippen molar-refractivity contribution in [1.82, 2.24) is 4.31 Å². The first-order chi connectivity index (χ1) is 6.26. The molecule has 2 rings (SSSR count). The van der Waals surface area contributed by atoms with Crippen LogP contribution in [0.15, 0.2) is 0 Å². The molecule has 2 aliphatic rings. The summed E-state index contributed by atoms with van der Waals surface area (Å²) in [6, 6.07) is 0. The Morgan fingerprint density at radius 1 is 1.29 bits per heavy atom. The maximum Gasteiger partial charge on any atom is 0.241 e. The molecule has 0 N–H and O–H groups in total. The van der Waals surface area contributed by atoms with Crippen molar-refractivity contribution in [2.24, 2.45) is 5.92 Å². The highest BCUT2D eigenvalue weighted by atomic mass is 32.2. The van der Waals surface area contributed by atoms with E-state index in [-0.39, 0.29) is 11.8 Å². The van der Waals surface area contributed by atoms with Gasteiger partial charge in [-0.05, 0) is 33.6 Å². The van der Waals surface area contributed by atoms with E-state index in [1.807, 2.05) is 0 Å². The van der Waals surface area contributed by atoms with Gasteiger partial charge < -0.3 is 0 Å². The lowest BCUT2D eigenvalue weighted by Crippen LogP contribution is -2.45. The molecule has 0 bridgehead atoms. The van der Waals surface area contributed by atoms with E-state index in [4.69, 9.17) is 0 Å². The number of nitrogens with zero attached hydrogens (tertiary/aromatic N) is 1. The molecule has 14 heavy (non-hydrogen) atoms. The van der Waals surface area contributed by atoms with Crippen molar-refractivity contribution >= 4 is 15.9 Å². The van der Waals surface area contributed by atoms with E-state index in [9.17, 15) is 13.2 Å². The third-order valence-electron chi connectivity index (χ3n) is 2.97. The predicted molar refractivity (Wildman–Crippen MR) is 52.0 cm³/mol. The van der Waals surface area contributed by atoms with Crippen LogP contribution in [0.1, 0.15) is 33.6 Å². The van der Waals surface area contributed by atoms with Crippen LogP contribution in [0.4, 0.5) is 0 Å². The number of sulfonamides is 1. The van der Waals surface area contributed by atoms with E-state index in [0.29, 0.717) is 6.42 Å². The minimum Gasteiger partial charge on any atom is -0.273 e. The molecule has 0 aromatic rings. The van der Waals surface area contributed by atoms with Gasteiger partial charge in [-0.15, -0.1) is 0 Å². The Hall–Kier alpha value is -0.580. The van der Waals surface area contributed by atoms with Gasteiger partial charge in [-0.2, -0.15) is 0 Å². The molecule has 1 heterocycles. The van der Waals surface area contributed by atoms with E-state index in [0.717, 1.165) is 10.7 Å². The maximum atomic E-state index is 11.9. The molecule has 4 nitrogen and oxygen atoms in total. The second-order valence-corrected chi connectivity index (χ2v) is 7.04. The second kappa shape index (κ2) is 2.51. The normalized spacial score (nSPS) is 35.4. The monoisotopic (exact) mass is 217 g/mol. The number of carbonyl (C=O) groups excluding carboxylic acids is 1. The van der Waals surface area contributed by atoms with E-state index in [1.165, 1.54) is 0 Å². The van der Waals surface area contributed by atoms with Crippen molar-refractivity contribution < 1.29 is 13.2 Å². The Labute approximate surface area is 84.3 Å². The zero-order chi connectivity index (χ0) is 10.7. The van der Waals surface area contributed by atoms with Crippen LogP contribution in [-0.4, -0.2) is 29.4 Å². The van der Waals surface area contributed by atoms with Crippen LogP contribution in [0.5, 0.6) is 0 Å². The Morgan fingerprint density at radius 2 is 1.86 bits per heavy atom. The summed E-state index contributed by atoms with van der Waals surface area (Å²) in [4.78, 5) is 11.8. The van der Waals surface area contributed by atoms with Crippen LogP contribution < -0.4 is 0 Å². The Balaban J connectivity index is 2.47. The van der Waals surface area contributed by atoms with Crippen molar-refractivity contribution in [1.29, 1.82) is 0 Å². The molecular formula is C9H15NO3S. The molecule has 1 amide bonds. The van der Waals surface area contributed by atoms with Gasteiger partial charge in [0.2, 0.25) is 15.9 Å². The van der Waals surface area contributed by atoms with Gasteiger partial charge in [0.05, 0.1) is 16.7 Å². The molecule has 2 fully saturated rings. The molecule has 2 atom stereocenters. The van der Waals surface area contributed by atoms with E-state index in [1.54, 1.807) is 20.8 Å². The first kappa shape index (κ1) is 9.96. The van der Waals surface area contributed by atoms with E-state index in [2.05, 4.69) is 0 Å². The van der Waals surface area contributed by atoms with E-state index < -0.39 is 20.8 Å². The average molecular weight is 217 g/mol. The maximum absolute atomic E-state index is 11.9. The zero-order valence-electron chi connectivity index (χ0n) is 8.65. The summed E-state index contributed by atoms with van der Waals surface area (Å²) in [6.07, 6.45) is 1.38. The summed E-state index contributed by atoms with van der Waals surface area (Å²) < 4.78 is 24.9. The molecule has 0 aromatic carbocycles. The molecule has 1 aliphatic carbocycles. The second-order valence-electron chi connectivity index (χ2n) is 5.04. The van der Waals surface area contributed by atoms with Crippen molar-refractivity contribution in [2.45, 2.75) is 44.4 Å². The molecule has 80 valence electrons. The van der Waals surface area contributed by atoms with Crippen LogP contribution in [0.3, 0.4) is 0 Å². The zero-order valence-corrected chi connectivity index (χ0v) is 9.47. The van der Waals surface area contributed by atoms with Gasteiger partial charge in [0.1, 0.15) is 0 Å². The van der Waals surface area contributed by atoms with Crippen molar-refractivity contribution in [2.75, 3.05) is 0 Å². The lowest BCUT2D eigenvalue weighted by atomic mass is 9.84. The summed E-state index contributed by atoms with van der Waals surface area (Å²) in [5, 5.41) is -0.422. The number of rotatable bonds is 0. The van der Waals surface area contributed by atoms with Gasteiger partial charge >= 0.3 is 0 Å². The first-order valence-electron chi connectivity index (χ1n) is 4.84. The Bertz CT molecular complexity index is 379. The summed E-state index contributed by atoms with van der Waals surface area (Å²) in [5.74, 6) is -0.451. The predicted octanol–water partition coefficient (Wildman–Crippen LogP) is 0.736. The van der Waals surface area contributed by atoms with Gasteiger partial charge in [0.25, 0.3) is 0 Å². The molecule has 5 heteroatoms. The molecule has 1 aliphatic heterocycles. The SMILES string of the molecule is CC(C)(C)N1C(=O)[C@@H]2CC[C@@H]2S1(=O)=O. The molecule has 1 saturated carbocycles. The van der Waals surface area contributed by atoms with Gasteiger partial charge in [0, 0.05) is 0 Å². The van der Waals surface area contributed by atoms with Crippen LogP contribution in [0, 0.1) is 5.92 Å². The number of fused-ring (bicyclic) bond motifs is 1. The first-order valence-corrected chi connectivity index (χ1v) is 6.34. The third-order valence-corrected chi connectivity index (χ3v) is 5.54. The molecule has 0 spiro atoms. The Kier molecular flexibility index (Phi) is 1.78. The standard InChI is InChI=1S/C9H15NO3S/c1-9(2,3)10-8(11)6-4-5-7(6)14(10,12)13/h6-7H,4-5H2,1-3H3/t6-,7+/m1/s1. The minimum absolute atomic E-state index is 0.200. The van der Waals surface area contributed by atoms with Gasteiger partial charge in [-0.25, -0.2) is 12.7 Å². The minimum atomic E-state index is -3.35. The Morgan fingerprint density at radius 3 is 2.07 bits per heavy atom. The third kappa shape index (κ3) is 1.05. The smallest absolute Gasteiger partial charge is 0.241 e. The van der Waals surface area contributed by atoms with Crippen LogP contribution in [0.2, 0.25) is 0 Å². The number of amides is 1. The van der Waals surface area contributed by atoms with Gasteiger partial charge in [-0.3, -0.25) is 4.79 Å². The van der Waals surface area contributed by atoms with Crippen LogP contribution in [0.25, 0.3) is 0 Å². The lowest BCUT2D eigenvalue weighted by Gasteiger charge is -2.30. The van der Waals surface area contributed by atoms with Crippen LogP contribution in [-0.2, 0) is 14.8 Å². The van der Waals surface area contributed by atoms with E-state index >= 15 is 0 Å². The fraction of sp³-hybridized carbons (Fsp3) is 0.889. The molecular weight excluding hydrogens is 202 g/mol. The largest absolute Gasteiger partial charge is 0.273 e. The highest BCUT2D eigenvalue weighted by Crippen LogP contribution is 2.45. The molecule has 0 aromatic heterocycles. The highest BCUT2D eigenvalue weighted by molar-refractivity contribution is 7.90. The lowest BCUT2D eigenvalue weighted by molar-refractivity contribution is -0.133. The molecule has 0 unspecified atom stereocenters. The summed E-state index contributed by atoms with van der Waals surface area (Å²) in [6.45, 7) is 5.27. The van der Waals surface area contributed by atoms with Crippen molar-refractivity contribution in [3.63, 3.8) is 0 Å². The summed E-state index contributed by atoms with van der Waals surface area (Å²) in [7, 11) is -3.35. The number of hydrogen-bond donors (Lipinski definition) is 0. The quantitative estimate of drug-likeness (QED) is 0.601. The fourth-order valence-electron chi connectivity index (χ4n) is 2.23. The van der Waals surface area contributed by atoms with Crippen molar-refractivity contribution in [3.05, 3.63) is 0 Å². The summed E-state index contributed by atoms with van der Waals surface area (Å²) >= 11 is 0. The molecule has 0 radical (unpaired) electrons. The van der Waals surface area contributed by atoms with Crippen LogP contribution >= 0.6 is 0 Å². The average Bonchev–Trinajstić information content (AvgIpc) is 1.87. The van der Waals surface area contributed by atoms with Gasteiger partial charge in [0.15, 0.2) is 0 Å². The number of carbonyl (C=O) groups is 1. The summed E-state index contributed by atoms with van der Waals surface area (Å²) in [5.41, 5.74) is -0.618. The molecule has 1 saturated heterocycles. The number of hydrogen-bond acceptors (Lipinski definition) is 3. The highest BCUT2D eigenvalue weighted by Gasteiger charge is 2.59. The van der Waals surface area contributed by atoms with Gasteiger partial charge in [-0.1, -0.05) is 0 Å². The van der Waals surface area contributed by atoms with Crippen molar-refractivity contribution in [3.8, 4) is 0 Å². The fourth-order valence-corrected chi connectivity index (χ4v) is 4.75.